The number of ketones is 1. The number of Topliss-reactive ketones (excluding diaryl/α,β-unsaturated/α-hetero) is 1. The number of anilines is 2. The molecule has 2 N–H and O–H groups in total. The lowest BCUT2D eigenvalue weighted by atomic mass is 9.74. The Morgan fingerprint density at radius 1 is 1.23 bits per heavy atom. The number of hydrogen-bond donors (Lipinski definition) is 2. The lowest BCUT2D eigenvalue weighted by Crippen LogP contribution is -2.42. The number of carbonyl (C=O) groups excluding carboxylic acids is 2. The van der Waals surface area contributed by atoms with Gasteiger partial charge < -0.3 is 20.0 Å². The predicted molar refractivity (Wildman–Crippen MR) is 122 cm³/mol. The summed E-state index contributed by atoms with van der Waals surface area (Å²) in [6, 6.07) is 11.1. The van der Waals surface area contributed by atoms with Gasteiger partial charge in [-0.2, -0.15) is 0 Å². The molecule has 1 aliphatic carbocycles. The Morgan fingerprint density at radius 3 is 2.71 bits per heavy atom. The molecule has 1 aromatic heterocycles. The molecule has 1 unspecified atom stereocenters. The van der Waals surface area contributed by atoms with Crippen LogP contribution in [0.15, 0.2) is 58.3 Å². The van der Waals surface area contributed by atoms with Crippen molar-refractivity contribution in [3.8, 4) is 0 Å². The molecule has 0 bridgehead atoms. The number of hydrogen-bond acceptors (Lipinski definition) is 5. The molecule has 2 aromatic rings. The monoisotopic (exact) mass is 421 g/mol. The summed E-state index contributed by atoms with van der Waals surface area (Å²) < 4.78 is 5.82. The molecule has 6 heteroatoms. The smallest absolute Gasteiger partial charge is 0.239 e. The number of furan rings is 1. The van der Waals surface area contributed by atoms with E-state index in [9.17, 15) is 9.59 Å². The van der Waals surface area contributed by atoms with E-state index in [1.54, 1.807) is 6.26 Å². The summed E-state index contributed by atoms with van der Waals surface area (Å²) in [6.45, 7) is 9.11. The van der Waals surface area contributed by atoms with E-state index < -0.39 is 6.04 Å². The first-order chi connectivity index (χ1) is 14.7. The molecule has 31 heavy (non-hydrogen) atoms. The normalized spacial score (nSPS) is 20.1. The molecule has 0 radical (unpaired) electrons. The fourth-order valence-electron chi connectivity index (χ4n) is 4.50. The van der Waals surface area contributed by atoms with Crippen LogP contribution in [0, 0.1) is 11.3 Å². The first-order valence-corrected chi connectivity index (χ1v) is 10.9. The third-order valence-corrected chi connectivity index (χ3v) is 5.84. The lowest BCUT2D eigenvalue weighted by molar-refractivity contribution is -0.121. The van der Waals surface area contributed by atoms with Crippen molar-refractivity contribution in [1.82, 2.24) is 5.32 Å². The minimum Gasteiger partial charge on any atom is -0.467 e. The van der Waals surface area contributed by atoms with Gasteiger partial charge in [0.2, 0.25) is 5.91 Å². The third-order valence-electron chi connectivity index (χ3n) is 5.84. The molecular formula is C25H31N3O3. The first kappa shape index (κ1) is 21.2. The van der Waals surface area contributed by atoms with Gasteiger partial charge in [0, 0.05) is 24.2 Å². The predicted octanol–water partition coefficient (Wildman–Crippen LogP) is 4.67. The van der Waals surface area contributed by atoms with Crippen LogP contribution in [0.2, 0.25) is 0 Å². The van der Waals surface area contributed by atoms with Crippen molar-refractivity contribution in [2.75, 3.05) is 23.3 Å². The van der Waals surface area contributed by atoms with Gasteiger partial charge in [0.15, 0.2) is 5.78 Å². The van der Waals surface area contributed by atoms with Crippen molar-refractivity contribution >= 4 is 23.1 Å². The van der Waals surface area contributed by atoms with E-state index in [-0.39, 0.29) is 23.7 Å². The van der Waals surface area contributed by atoms with E-state index in [1.165, 1.54) is 0 Å². The van der Waals surface area contributed by atoms with Crippen LogP contribution < -0.4 is 15.5 Å². The summed E-state index contributed by atoms with van der Waals surface area (Å²) in [6.07, 6.45) is 2.84. The summed E-state index contributed by atoms with van der Waals surface area (Å²) in [5.74, 6) is 1.04. The topological polar surface area (TPSA) is 74.6 Å². The fourth-order valence-corrected chi connectivity index (χ4v) is 4.50. The van der Waals surface area contributed by atoms with Gasteiger partial charge in [-0.3, -0.25) is 9.59 Å². The number of benzene rings is 1. The number of amides is 1. The van der Waals surface area contributed by atoms with E-state index in [2.05, 4.69) is 38.3 Å². The second kappa shape index (κ2) is 8.25. The van der Waals surface area contributed by atoms with E-state index in [1.807, 2.05) is 41.3 Å². The summed E-state index contributed by atoms with van der Waals surface area (Å²) in [7, 11) is 0. The molecule has 0 saturated heterocycles. The largest absolute Gasteiger partial charge is 0.467 e. The van der Waals surface area contributed by atoms with E-state index in [0.29, 0.717) is 30.2 Å². The highest BCUT2D eigenvalue weighted by atomic mass is 16.3. The molecule has 1 aliphatic heterocycles. The van der Waals surface area contributed by atoms with Crippen LogP contribution in [0.1, 0.15) is 52.3 Å². The summed E-state index contributed by atoms with van der Waals surface area (Å²) in [5, 5.41) is 6.55. The maximum atomic E-state index is 13.4. The second-order valence-corrected chi connectivity index (χ2v) is 9.72. The number of allylic oxidation sites excluding steroid dienone is 1. The van der Waals surface area contributed by atoms with Gasteiger partial charge in [-0.05, 0) is 42.0 Å². The molecule has 0 fully saturated rings. The van der Waals surface area contributed by atoms with Crippen LogP contribution in [0.5, 0.6) is 0 Å². The second-order valence-electron chi connectivity index (χ2n) is 9.72. The molecule has 1 atom stereocenters. The van der Waals surface area contributed by atoms with Gasteiger partial charge in [-0.15, -0.1) is 0 Å². The highest BCUT2D eigenvalue weighted by Gasteiger charge is 2.42. The van der Waals surface area contributed by atoms with Crippen LogP contribution in [0.4, 0.5) is 11.4 Å². The van der Waals surface area contributed by atoms with Gasteiger partial charge in [-0.1, -0.05) is 39.8 Å². The van der Waals surface area contributed by atoms with E-state index in [0.717, 1.165) is 23.5 Å². The standard InChI is InChI=1S/C25H31N3O3/c1-16(2)14-26-22(30)15-28-19-9-6-5-8-17(19)27-18-12-25(3,4)13-20(29)23(18)24(28)21-10-7-11-31-21/h5-11,16,24,27H,12-15H2,1-4H3,(H,26,30). The van der Waals surface area contributed by atoms with Crippen LogP contribution in [-0.4, -0.2) is 24.8 Å². The Kier molecular flexibility index (Phi) is 5.65. The van der Waals surface area contributed by atoms with Crippen LogP contribution >= 0.6 is 0 Å². The molecule has 2 heterocycles. The number of nitrogens with one attached hydrogen (secondary N) is 2. The number of fused-ring (bicyclic) bond motifs is 1. The summed E-state index contributed by atoms with van der Waals surface area (Å²) in [4.78, 5) is 28.3. The van der Waals surface area contributed by atoms with Gasteiger partial charge in [0.05, 0.1) is 24.2 Å². The minimum atomic E-state index is -0.463. The molecule has 1 amide bonds. The Labute approximate surface area is 183 Å². The summed E-state index contributed by atoms with van der Waals surface area (Å²) >= 11 is 0. The van der Waals surface area contributed by atoms with Crippen molar-refractivity contribution in [2.45, 2.75) is 46.6 Å². The van der Waals surface area contributed by atoms with E-state index in [4.69, 9.17) is 4.42 Å². The summed E-state index contributed by atoms with van der Waals surface area (Å²) in [5.41, 5.74) is 3.26. The Morgan fingerprint density at radius 2 is 2.00 bits per heavy atom. The van der Waals surface area contributed by atoms with Gasteiger partial charge >= 0.3 is 0 Å². The number of carbonyl (C=O) groups is 2. The highest BCUT2D eigenvalue weighted by molar-refractivity contribution is 6.01. The van der Waals surface area contributed by atoms with E-state index >= 15 is 0 Å². The van der Waals surface area contributed by atoms with Crippen LogP contribution in [-0.2, 0) is 9.59 Å². The Balaban J connectivity index is 1.83. The molecule has 164 valence electrons. The number of nitrogens with zero attached hydrogens (tertiary/aromatic N) is 1. The van der Waals surface area contributed by atoms with Crippen molar-refractivity contribution in [2.24, 2.45) is 11.3 Å². The maximum absolute atomic E-state index is 13.4. The minimum absolute atomic E-state index is 0.0762. The molecule has 0 spiro atoms. The van der Waals surface area contributed by atoms with Gasteiger partial charge in [0.1, 0.15) is 11.8 Å². The van der Waals surface area contributed by atoms with Crippen molar-refractivity contribution < 1.29 is 14.0 Å². The molecule has 4 rings (SSSR count). The van der Waals surface area contributed by atoms with Crippen LogP contribution in [0.3, 0.4) is 0 Å². The van der Waals surface area contributed by atoms with Crippen molar-refractivity contribution in [3.63, 3.8) is 0 Å². The highest BCUT2D eigenvalue weighted by Crippen LogP contribution is 2.48. The van der Waals surface area contributed by atoms with Gasteiger partial charge in [-0.25, -0.2) is 0 Å². The molecule has 1 aromatic carbocycles. The van der Waals surface area contributed by atoms with Gasteiger partial charge in [0.25, 0.3) is 0 Å². The average molecular weight is 422 g/mol. The molecule has 0 saturated carbocycles. The number of para-hydroxylation sites is 2. The van der Waals surface area contributed by atoms with Crippen molar-refractivity contribution in [3.05, 3.63) is 59.7 Å². The SMILES string of the molecule is CC(C)CNC(=O)CN1c2ccccc2NC2=C(C(=O)CC(C)(C)C2)C1c1ccco1. The molecular weight excluding hydrogens is 390 g/mol. The zero-order valence-electron chi connectivity index (χ0n) is 18.7. The molecule has 6 nitrogen and oxygen atoms in total. The van der Waals surface area contributed by atoms with Crippen LogP contribution in [0.25, 0.3) is 0 Å². The fraction of sp³-hybridized carbons (Fsp3) is 0.440. The third kappa shape index (κ3) is 4.38. The zero-order chi connectivity index (χ0) is 22.2. The maximum Gasteiger partial charge on any atom is 0.239 e. The average Bonchev–Trinajstić information content (AvgIpc) is 3.17. The Bertz CT molecular complexity index is 1000. The lowest BCUT2D eigenvalue weighted by Gasteiger charge is -2.36. The number of rotatable bonds is 5. The quantitative estimate of drug-likeness (QED) is 0.734. The first-order valence-electron chi connectivity index (χ1n) is 10.9. The zero-order valence-corrected chi connectivity index (χ0v) is 18.7. The Hall–Kier alpha value is -3.02. The molecule has 2 aliphatic rings. The van der Waals surface area contributed by atoms with Crippen molar-refractivity contribution in [1.29, 1.82) is 0 Å².